The molecule has 3 heterocycles. The van der Waals surface area contributed by atoms with Crippen molar-refractivity contribution in [3.05, 3.63) is 84.4 Å². The largest absolute Gasteiger partial charge is 0.433 e. The van der Waals surface area contributed by atoms with E-state index >= 15 is 0 Å². The van der Waals surface area contributed by atoms with Gasteiger partial charge in [0.25, 0.3) is 5.91 Å². The zero-order valence-electron chi connectivity index (χ0n) is 17.5. The van der Waals surface area contributed by atoms with Gasteiger partial charge < -0.3 is 5.32 Å². The molecule has 0 spiro atoms. The Hall–Kier alpha value is -4.06. The first kappa shape index (κ1) is 23.1. The minimum absolute atomic E-state index is 0.0220. The van der Waals surface area contributed by atoms with Crippen molar-refractivity contribution in [2.45, 2.75) is 11.1 Å². The molecule has 4 rings (SSSR count). The Balaban J connectivity index is 1.61. The molecule has 8 nitrogen and oxygen atoms in total. The molecule has 4 aromatic rings. The fourth-order valence-electron chi connectivity index (χ4n) is 3.08. The topological polar surface area (TPSA) is 107 Å². The first-order chi connectivity index (χ1) is 16.0. The molecule has 0 bridgehead atoms. The number of amides is 1. The van der Waals surface area contributed by atoms with Crippen LogP contribution in [0.3, 0.4) is 0 Å². The van der Waals surface area contributed by atoms with Gasteiger partial charge in [-0.3, -0.25) is 9.78 Å². The van der Waals surface area contributed by atoms with Crippen LogP contribution in [0.1, 0.15) is 16.1 Å². The van der Waals surface area contributed by atoms with Gasteiger partial charge in [0.15, 0.2) is 9.84 Å². The first-order valence-corrected chi connectivity index (χ1v) is 11.6. The van der Waals surface area contributed by atoms with E-state index in [4.69, 9.17) is 0 Å². The third-order valence-corrected chi connectivity index (χ3v) is 5.83. The van der Waals surface area contributed by atoms with Crippen molar-refractivity contribution in [3.63, 3.8) is 0 Å². The summed E-state index contributed by atoms with van der Waals surface area (Å²) in [6, 6.07) is 12.2. The van der Waals surface area contributed by atoms with Gasteiger partial charge in [0, 0.05) is 29.8 Å². The van der Waals surface area contributed by atoms with Crippen molar-refractivity contribution in [2.75, 3.05) is 11.6 Å². The molecule has 0 fully saturated rings. The Kier molecular flexibility index (Phi) is 5.92. The van der Waals surface area contributed by atoms with Crippen LogP contribution in [0.4, 0.5) is 19.0 Å². The fourth-order valence-corrected chi connectivity index (χ4v) is 3.74. The number of aromatic nitrogens is 4. The van der Waals surface area contributed by atoms with Gasteiger partial charge >= 0.3 is 6.18 Å². The van der Waals surface area contributed by atoms with Crippen LogP contribution in [0.25, 0.3) is 16.9 Å². The van der Waals surface area contributed by atoms with E-state index in [0.29, 0.717) is 5.56 Å². The van der Waals surface area contributed by atoms with Crippen LogP contribution in [0, 0.1) is 0 Å². The lowest BCUT2D eigenvalue weighted by atomic mass is 10.2. The van der Waals surface area contributed by atoms with E-state index in [9.17, 15) is 26.4 Å². The lowest BCUT2D eigenvalue weighted by molar-refractivity contribution is -0.142. The van der Waals surface area contributed by atoms with E-state index in [-0.39, 0.29) is 27.7 Å². The van der Waals surface area contributed by atoms with Gasteiger partial charge in [0.05, 0.1) is 22.5 Å². The summed E-state index contributed by atoms with van der Waals surface area (Å²) in [5, 5.41) is 6.55. The predicted octanol–water partition coefficient (Wildman–Crippen LogP) is 4.00. The van der Waals surface area contributed by atoms with Gasteiger partial charge in [-0.2, -0.15) is 18.3 Å². The average molecular weight is 487 g/mol. The van der Waals surface area contributed by atoms with Gasteiger partial charge in [-0.1, -0.05) is 6.07 Å². The molecule has 0 saturated carbocycles. The van der Waals surface area contributed by atoms with Gasteiger partial charge in [-0.15, -0.1) is 0 Å². The van der Waals surface area contributed by atoms with Crippen molar-refractivity contribution < 1.29 is 26.4 Å². The molecule has 0 atom stereocenters. The molecule has 1 amide bonds. The summed E-state index contributed by atoms with van der Waals surface area (Å²) >= 11 is 0. The van der Waals surface area contributed by atoms with Crippen molar-refractivity contribution >= 4 is 21.6 Å². The van der Waals surface area contributed by atoms with Crippen LogP contribution in [-0.2, 0) is 16.0 Å². The number of nitrogens with one attached hydrogen (secondary N) is 1. The summed E-state index contributed by atoms with van der Waals surface area (Å²) in [4.78, 5) is 20.4. The van der Waals surface area contributed by atoms with E-state index in [1.807, 2.05) is 0 Å². The van der Waals surface area contributed by atoms with E-state index in [0.717, 1.165) is 23.2 Å². The van der Waals surface area contributed by atoms with Gasteiger partial charge in [0.2, 0.25) is 0 Å². The summed E-state index contributed by atoms with van der Waals surface area (Å²) in [5.41, 5.74) is -0.383. The van der Waals surface area contributed by atoms with Gasteiger partial charge in [0.1, 0.15) is 11.5 Å². The number of sulfone groups is 1. The summed E-state index contributed by atoms with van der Waals surface area (Å²) in [7, 11) is -3.50. The van der Waals surface area contributed by atoms with Crippen molar-refractivity contribution in [3.8, 4) is 16.9 Å². The SMILES string of the molecule is CS(=O)(=O)c1cccc(C(=O)Nc2ccc(-n3nc(-c4cccnc4)cc3C(F)(F)F)cn2)c1. The molecule has 34 heavy (non-hydrogen) atoms. The number of benzene rings is 1. The molecular weight excluding hydrogens is 471 g/mol. The summed E-state index contributed by atoms with van der Waals surface area (Å²) < 4.78 is 65.0. The fraction of sp³-hybridized carbons (Fsp3) is 0.0909. The smallest absolute Gasteiger partial charge is 0.307 e. The molecule has 3 aromatic heterocycles. The van der Waals surface area contributed by atoms with E-state index in [1.54, 1.807) is 12.1 Å². The van der Waals surface area contributed by atoms with Crippen LogP contribution in [0.2, 0.25) is 0 Å². The second kappa shape index (κ2) is 8.71. The first-order valence-electron chi connectivity index (χ1n) is 9.68. The van der Waals surface area contributed by atoms with Crippen LogP contribution >= 0.6 is 0 Å². The number of halogens is 3. The lowest BCUT2D eigenvalue weighted by Crippen LogP contribution is -2.15. The Bertz CT molecular complexity index is 1450. The number of rotatable bonds is 5. The maximum atomic E-state index is 13.6. The standard InChI is InChI=1S/C22H16F3N5O3S/c1-34(32,33)17-6-2-4-14(10-17)21(31)28-20-8-7-16(13-27-20)30-19(22(23,24)25)11-18(29-30)15-5-3-9-26-12-15/h2-13H,1H3,(H,27,28,31). The molecule has 1 N–H and O–H groups in total. The molecule has 0 aliphatic rings. The van der Waals surface area contributed by atoms with E-state index in [2.05, 4.69) is 20.4 Å². The lowest BCUT2D eigenvalue weighted by Gasteiger charge is -2.11. The van der Waals surface area contributed by atoms with Crippen molar-refractivity contribution in [2.24, 2.45) is 0 Å². The number of carbonyl (C=O) groups excluding carboxylic acids is 1. The summed E-state index contributed by atoms with van der Waals surface area (Å²) in [6.07, 6.45) is 0.388. The molecule has 1 aromatic carbocycles. The maximum absolute atomic E-state index is 13.6. The molecule has 12 heteroatoms. The highest BCUT2D eigenvalue weighted by molar-refractivity contribution is 7.90. The Morgan fingerprint density at radius 3 is 2.44 bits per heavy atom. The van der Waals surface area contributed by atoms with Crippen LogP contribution in [0.15, 0.2) is 78.1 Å². The van der Waals surface area contributed by atoms with Crippen LogP contribution < -0.4 is 5.32 Å². The molecule has 0 aliphatic heterocycles. The second-order valence-electron chi connectivity index (χ2n) is 7.22. The third-order valence-electron chi connectivity index (χ3n) is 4.72. The van der Waals surface area contributed by atoms with E-state index in [1.165, 1.54) is 48.8 Å². The number of hydrogen-bond donors (Lipinski definition) is 1. The van der Waals surface area contributed by atoms with E-state index < -0.39 is 27.6 Å². The molecule has 0 radical (unpaired) electrons. The highest BCUT2D eigenvalue weighted by Crippen LogP contribution is 2.34. The Morgan fingerprint density at radius 1 is 1.03 bits per heavy atom. The number of nitrogens with zero attached hydrogens (tertiary/aromatic N) is 4. The highest BCUT2D eigenvalue weighted by Gasteiger charge is 2.36. The molecular formula is C22H16F3N5O3S. The zero-order chi connectivity index (χ0) is 24.5. The second-order valence-corrected chi connectivity index (χ2v) is 9.24. The average Bonchev–Trinajstić information content (AvgIpc) is 3.26. The Labute approximate surface area is 192 Å². The summed E-state index contributed by atoms with van der Waals surface area (Å²) in [6.45, 7) is 0. The molecule has 174 valence electrons. The van der Waals surface area contributed by atoms with Crippen LogP contribution in [0.5, 0.6) is 0 Å². The maximum Gasteiger partial charge on any atom is 0.433 e. The highest BCUT2D eigenvalue weighted by atomic mass is 32.2. The monoisotopic (exact) mass is 487 g/mol. The quantitative estimate of drug-likeness (QED) is 0.456. The van der Waals surface area contributed by atoms with Gasteiger partial charge in [-0.25, -0.2) is 18.1 Å². The predicted molar refractivity (Wildman–Crippen MR) is 117 cm³/mol. The van der Waals surface area contributed by atoms with Crippen molar-refractivity contribution in [1.82, 2.24) is 19.7 Å². The van der Waals surface area contributed by atoms with Crippen LogP contribution in [-0.4, -0.2) is 40.3 Å². The summed E-state index contributed by atoms with van der Waals surface area (Å²) in [5.74, 6) is -0.564. The molecule has 0 saturated heterocycles. The number of anilines is 1. The minimum atomic E-state index is -4.68. The minimum Gasteiger partial charge on any atom is -0.307 e. The molecule has 0 aliphatic carbocycles. The van der Waals surface area contributed by atoms with Crippen molar-refractivity contribution in [1.29, 1.82) is 0 Å². The number of hydrogen-bond acceptors (Lipinski definition) is 6. The number of carbonyl (C=O) groups is 1. The zero-order valence-corrected chi connectivity index (χ0v) is 18.3. The number of pyridine rings is 2. The van der Waals surface area contributed by atoms with Gasteiger partial charge in [-0.05, 0) is 48.5 Å². The molecule has 0 unspecified atom stereocenters. The number of alkyl halides is 3. The Morgan fingerprint density at radius 2 is 1.82 bits per heavy atom. The normalized spacial score (nSPS) is 11.9. The third kappa shape index (κ3) is 4.96.